The van der Waals surface area contributed by atoms with E-state index in [-0.39, 0.29) is 37.5 Å². The maximum atomic E-state index is 12.8. The molecule has 69 heavy (non-hydrogen) atoms. The van der Waals surface area contributed by atoms with Crippen molar-refractivity contribution in [1.29, 1.82) is 0 Å². The molecule has 0 aliphatic heterocycles. The lowest BCUT2D eigenvalue weighted by Crippen LogP contribution is -2.30. The van der Waals surface area contributed by atoms with Crippen molar-refractivity contribution in [3.63, 3.8) is 0 Å². The molecule has 1 atom stereocenters. The number of hydrogen-bond acceptors (Lipinski definition) is 6. The molecule has 0 aromatic heterocycles. The van der Waals surface area contributed by atoms with E-state index in [1.165, 1.54) is 0 Å². The third kappa shape index (κ3) is 54.1. The number of allylic oxidation sites excluding steroid dienone is 24. The highest BCUT2D eigenvalue weighted by Crippen LogP contribution is 2.12. The normalized spacial score (nSPS) is 13.3. The lowest BCUT2D eigenvalue weighted by atomic mass is 10.1. The third-order valence-electron chi connectivity index (χ3n) is 10.8. The Morgan fingerprint density at radius 3 is 0.899 bits per heavy atom. The maximum absolute atomic E-state index is 12.8. The van der Waals surface area contributed by atoms with Crippen molar-refractivity contribution in [3.05, 3.63) is 146 Å². The summed E-state index contributed by atoms with van der Waals surface area (Å²) in [5, 5.41) is 0. The first kappa shape index (κ1) is 64.3. The number of carbonyl (C=O) groups excluding carboxylic acids is 3. The topological polar surface area (TPSA) is 78.9 Å². The van der Waals surface area contributed by atoms with E-state index in [1.807, 2.05) is 0 Å². The van der Waals surface area contributed by atoms with E-state index in [9.17, 15) is 14.4 Å². The second-order valence-electron chi connectivity index (χ2n) is 17.4. The Kier molecular flexibility index (Phi) is 52.1. The average molecular weight is 951 g/mol. The largest absolute Gasteiger partial charge is 0.462 e. The van der Waals surface area contributed by atoms with Gasteiger partial charge in [0.15, 0.2) is 6.10 Å². The molecule has 386 valence electrons. The molecule has 0 aliphatic carbocycles. The van der Waals surface area contributed by atoms with Crippen LogP contribution in [-0.2, 0) is 28.6 Å². The van der Waals surface area contributed by atoms with Crippen molar-refractivity contribution in [1.82, 2.24) is 0 Å². The number of hydrogen-bond donors (Lipinski definition) is 0. The first-order chi connectivity index (χ1) is 34.0. The van der Waals surface area contributed by atoms with Gasteiger partial charge in [-0.15, -0.1) is 0 Å². The predicted molar refractivity (Wildman–Crippen MR) is 297 cm³/mol. The molecule has 6 nitrogen and oxygen atoms in total. The van der Waals surface area contributed by atoms with E-state index in [2.05, 4.69) is 167 Å². The lowest BCUT2D eigenvalue weighted by Gasteiger charge is -2.18. The van der Waals surface area contributed by atoms with Crippen LogP contribution >= 0.6 is 0 Å². The number of rotatable bonds is 47. The predicted octanol–water partition coefficient (Wildman–Crippen LogP) is 18.4. The number of ether oxygens (including phenoxy) is 3. The summed E-state index contributed by atoms with van der Waals surface area (Å²) < 4.78 is 16.6. The Bertz CT molecular complexity index is 1560. The van der Waals surface area contributed by atoms with Crippen LogP contribution in [0.4, 0.5) is 0 Å². The number of carbonyl (C=O) groups is 3. The van der Waals surface area contributed by atoms with E-state index >= 15 is 0 Å². The molecule has 0 aromatic rings. The van der Waals surface area contributed by atoms with Gasteiger partial charge in [-0.3, -0.25) is 14.4 Å². The van der Waals surface area contributed by atoms with E-state index < -0.39 is 6.10 Å². The lowest BCUT2D eigenvalue weighted by molar-refractivity contribution is -0.167. The molecule has 0 heterocycles. The van der Waals surface area contributed by atoms with E-state index in [0.29, 0.717) is 19.3 Å². The zero-order valence-corrected chi connectivity index (χ0v) is 44.0. The van der Waals surface area contributed by atoms with Gasteiger partial charge in [-0.05, 0) is 122 Å². The molecule has 0 saturated carbocycles. The van der Waals surface area contributed by atoms with Crippen LogP contribution in [0.2, 0.25) is 0 Å². The highest BCUT2D eigenvalue weighted by molar-refractivity contribution is 5.71. The summed E-state index contributed by atoms with van der Waals surface area (Å²) in [6.45, 7) is 6.26. The molecule has 0 aliphatic rings. The molecule has 6 heteroatoms. The molecule has 0 radical (unpaired) electrons. The maximum Gasteiger partial charge on any atom is 0.306 e. The summed E-state index contributed by atoms with van der Waals surface area (Å²) in [6.07, 6.45) is 80.2. The van der Waals surface area contributed by atoms with Gasteiger partial charge >= 0.3 is 17.9 Å². The van der Waals surface area contributed by atoms with Crippen LogP contribution in [-0.4, -0.2) is 37.2 Å². The fraction of sp³-hybridized carbons (Fsp3) is 0.571. The van der Waals surface area contributed by atoms with Gasteiger partial charge < -0.3 is 14.2 Å². The van der Waals surface area contributed by atoms with E-state index in [4.69, 9.17) is 14.2 Å². The highest BCUT2D eigenvalue weighted by Gasteiger charge is 2.19. The summed E-state index contributed by atoms with van der Waals surface area (Å²) in [7, 11) is 0. The summed E-state index contributed by atoms with van der Waals surface area (Å²) in [4.78, 5) is 37.7. The third-order valence-corrected chi connectivity index (χ3v) is 10.8. The van der Waals surface area contributed by atoms with Crippen LogP contribution in [0, 0.1) is 0 Å². The Labute approximate surface area is 423 Å². The molecule has 1 unspecified atom stereocenters. The molecule has 0 saturated heterocycles. The fourth-order valence-electron chi connectivity index (χ4n) is 6.80. The Hall–Kier alpha value is -4.71. The summed E-state index contributed by atoms with van der Waals surface area (Å²) >= 11 is 0. The monoisotopic (exact) mass is 951 g/mol. The van der Waals surface area contributed by atoms with Crippen LogP contribution in [0.15, 0.2) is 146 Å². The van der Waals surface area contributed by atoms with Gasteiger partial charge in [0, 0.05) is 19.3 Å². The minimum atomic E-state index is -0.806. The van der Waals surface area contributed by atoms with Crippen molar-refractivity contribution in [3.8, 4) is 0 Å². The van der Waals surface area contributed by atoms with Crippen LogP contribution in [0.3, 0.4) is 0 Å². The molecular weight excluding hydrogens is 853 g/mol. The summed E-state index contributed by atoms with van der Waals surface area (Å²) in [6, 6.07) is 0. The Morgan fingerprint density at radius 2 is 0.565 bits per heavy atom. The van der Waals surface area contributed by atoms with Crippen LogP contribution in [0.25, 0.3) is 0 Å². The summed E-state index contributed by atoms with van der Waals surface area (Å²) in [5.74, 6) is -0.981. The average Bonchev–Trinajstić information content (AvgIpc) is 3.35. The van der Waals surface area contributed by atoms with Crippen molar-refractivity contribution < 1.29 is 28.6 Å². The van der Waals surface area contributed by atoms with Gasteiger partial charge in [-0.2, -0.15) is 0 Å². The standard InChI is InChI=1S/C63H98O6/c1-4-7-10-13-15-17-19-21-23-25-27-28-29-30-31-32-33-34-36-37-39-41-43-45-47-50-53-56-62(65)68-59-60(58-67-61(64)55-52-49-12-9-6-3)69-63(66)57-54-51-48-46-44-42-40-38-35-26-24-22-20-18-16-14-11-8-5-2/h7-8,10-11,15-18,21-24,27-28,30-31,33-35,37-39,42,44,60H,4-6,9,12-14,19-20,25-26,29,32,36,40-41,43,45-59H2,1-3H3/b10-7-,11-8-,17-15-,18-16-,23-21-,24-22-,28-27-,31-30-,34-33-,38-35-,39-37-,44-42-. The number of esters is 3. The first-order valence-corrected chi connectivity index (χ1v) is 27.3. The quantitative estimate of drug-likeness (QED) is 0.0262. The van der Waals surface area contributed by atoms with Crippen molar-refractivity contribution in [2.24, 2.45) is 0 Å². The Morgan fingerprint density at radius 1 is 0.304 bits per heavy atom. The molecule has 0 aromatic carbocycles. The SMILES string of the molecule is CC/C=C\C/C=C\C/C=C\C/C=C\C/C=C\C/C=C\C/C=C\CCCCCCCC(=O)OCC(COC(=O)CCCCCCC)OC(=O)CCCCC/C=C\C/C=C\C/C=C\C/C=C\C/C=C\CC. The second-order valence-corrected chi connectivity index (χ2v) is 17.4. The van der Waals surface area contributed by atoms with Crippen LogP contribution < -0.4 is 0 Å². The molecule has 0 rings (SSSR count). The molecule has 0 N–H and O–H groups in total. The minimum Gasteiger partial charge on any atom is -0.462 e. The molecular formula is C63H98O6. The summed E-state index contributed by atoms with van der Waals surface area (Å²) in [5.41, 5.74) is 0. The van der Waals surface area contributed by atoms with Crippen LogP contribution in [0.1, 0.15) is 213 Å². The van der Waals surface area contributed by atoms with Gasteiger partial charge in [-0.25, -0.2) is 0 Å². The van der Waals surface area contributed by atoms with Crippen molar-refractivity contribution >= 4 is 17.9 Å². The zero-order valence-electron chi connectivity index (χ0n) is 44.0. The first-order valence-electron chi connectivity index (χ1n) is 27.3. The fourth-order valence-corrected chi connectivity index (χ4v) is 6.80. The molecule has 0 bridgehead atoms. The van der Waals surface area contributed by atoms with Gasteiger partial charge in [0.1, 0.15) is 13.2 Å². The molecule has 0 amide bonds. The Balaban J connectivity index is 4.26. The highest BCUT2D eigenvalue weighted by atomic mass is 16.6. The molecule has 0 fully saturated rings. The van der Waals surface area contributed by atoms with E-state index in [0.717, 1.165) is 167 Å². The smallest absolute Gasteiger partial charge is 0.306 e. The minimum absolute atomic E-state index is 0.104. The zero-order chi connectivity index (χ0) is 50.0. The van der Waals surface area contributed by atoms with Gasteiger partial charge in [0.05, 0.1) is 0 Å². The van der Waals surface area contributed by atoms with Gasteiger partial charge in [-0.1, -0.05) is 218 Å². The van der Waals surface area contributed by atoms with Gasteiger partial charge in [0.2, 0.25) is 0 Å². The second kappa shape index (κ2) is 55.9. The van der Waals surface area contributed by atoms with Crippen LogP contribution in [0.5, 0.6) is 0 Å². The van der Waals surface area contributed by atoms with Gasteiger partial charge in [0.25, 0.3) is 0 Å². The van der Waals surface area contributed by atoms with Crippen molar-refractivity contribution in [2.45, 2.75) is 219 Å². The van der Waals surface area contributed by atoms with Crippen molar-refractivity contribution in [2.75, 3.05) is 13.2 Å². The number of unbranched alkanes of at least 4 members (excludes halogenated alkanes) is 12. The van der Waals surface area contributed by atoms with E-state index in [1.54, 1.807) is 0 Å². The molecule has 0 spiro atoms.